The van der Waals surface area contributed by atoms with Crippen molar-refractivity contribution in [3.63, 3.8) is 0 Å². The second kappa shape index (κ2) is 5.88. The monoisotopic (exact) mass is 255 g/mol. The predicted octanol–water partition coefficient (Wildman–Crippen LogP) is 1.62. The summed E-state index contributed by atoms with van der Waals surface area (Å²) in [6.07, 6.45) is -2.42. The number of benzene rings is 1. The minimum absolute atomic E-state index is 0.146. The van der Waals surface area contributed by atoms with Gasteiger partial charge in [-0.05, 0) is 12.1 Å². The van der Waals surface area contributed by atoms with Gasteiger partial charge in [0.15, 0.2) is 0 Å². The topological polar surface area (TPSA) is 52.1 Å². The average Bonchev–Trinajstić information content (AvgIpc) is 2.70. The quantitative estimate of drug-likeness (QED) is 0.824. The van der Waals surface area contributed by atoms with Gasteiger partial charge in [-0.25, -0.2) is 13.8 Å². The maximum atomic E-state index is 12.4. The van der Waals surface area contributed by atoms with Crippen LogP contribution >= 0.6 is 0 Å². The molecule has 18 heavy (non-hydrogen) atoms. The fourth-order valence-electron chi connectivity index (χ4n) is 1.86. The molecular formula is C12H15F2N3O. The van der Waals surface area contributed by atoms with Crippen LogP contribution in [0.25, 0.3) is 11.0 Å². The van der Waals surface area contributed by atoms with Crippen molar-refractivity contribution in [2.45, 2.75) is 13.0 Å². The van der Waals surface area contributed by atoms with E-state index in [-0.39, 0.29) is 26.2 Å². The Labute approximate surface area is 103 Å². The van der Waals surface area contributed by atoms with Crippen LogP contribution < -0.4 is 0 Å². The van der Waals surface area contributed by atoms with E-state index in [1.54, 1.807) is 0 Å². The molecule has 0 bridgehead atoms. The van der Waals surface area contributed by atoms with E-state index in [0.717, 1.165) is 11.0 Å². The SMILES string of the molecule is OCCN(Cc1nc2ccccc2[nH]1)CC(F)F. The highest BCUT2D eigenvalue weighted by Crippen LogP contribution is 2.12. The van der Waals surface area contributed by atoms with Crippen LogP contribution in [0.1, 0.15) is 5.82 Å². The number of aliphatic hydroxyl groups excluding tert-OH is 1. The van der Waals surface area contributed by atoms with Crippen molar-refractivity contribution >= 4 is 11.0 Å². The van der Waals surface area contributed by atoms with Gasteiger partial charge in [-0.1, -0.05) is 12.1 Å². The van der Waals surface area contributed by atoms with Crippen LogP contribution in [0.2, 0.25) is 0 Å². The lowest BCUT2D eigenvalue weighted by Crippen LogP contribution is -2.31. The van der Waals surface area contributed by atoms with Crippen LogP contribution in [0.5, 0.6) is 0 Å². The Bertz CT molecular complexity index is 468. The number of halogens is 2. The first kappa shape index (κ1) is 12.9. The number of hydrogen-bond donors (Lipinski definition) is 2. The van der Waals surface area contributed by atoms with Gasteiger partial charge in [0.2, 0.25) is 0 Å². The first-order valence-electron chi connectivity index (χ1n) is 5.74. The van der Waals surface area contributed by atoms with E-state index in [1.807, 2.05) is 24.3 Å². The fraction of sp³-hybridized carbons (Fsp3) is 0.417. The lowest BCUT2D eigenvalue weighted by atomic mass is 10.3. The van der Waals surface area contributed by atoms with E-state index in [2.05, 4.69) is 9.97 Å². The molecule has 4 nitrogen and oxygen atoms in total. The van der Waals surface area contributed by atoms with Gasteiger partial charge < -0.3 is 10.1 Å². The summed E-state index contributed by atoms with van der Waals surface area (Å²) in [5, 5.41) is 8.85. The molecule has 0 saturated carbocycles. The molecule has 0 spiro atoms. The second-order valence-corrected chi connectivity index (χ2v) is 4.05. The molecule has 1 aromatic heterocycles. The fourth-order valence-corrected chi connectivity index (χ4v) is 1.86. The predicted molar refractivity (Wildman–Crippen MR) is 64.5 cm³/mol. The van der Waals surface area contributed by atoms with E-state index in [1.165, 1.54) is 4.90 Å². The third-order valence-corrected chi connectivity index (χ3v) is 2.62. The summed E-state index contributed by atoms with van der Waals surface area (Å²) in [4.78, 5) is 8.87. The Morgan fingerprint density at radius 1 is 1.33 bits per heavy atom. The van der Waals surface area contributed by atoms with Crippen molar-refractivity contribution in [1.82, 2.24) is 14.9 Å². The summed E-state index contributed by atoms with van der Waals surface area (Å²) in [6, 6.07) is 7.50. The highest BCUT2D eigenvalue weighted by atomic mass is 19.3. The van der Waals surface area contributed by atoms with E-state index in [9.17, 15) is 8.78 Å². The lowest BCUT2D eigenvalue weighted by molar-refractivity contribution is 0.0735. The minimum Gasteiger partial charge on any atom is -0.395 e. The number of H-pyrrole nitrogens is 1. The Morgan fingerprint density at radius 3 is 2.78 bits per heavy atom. The van der Waals surface area contributed by atoms with Gasteiger partial charge in [0.1, 0.15) is 5.82 Å². The van der Waals surface area contributed by atoms with Crippen molar-refractivity contribution in [2.24, 2.45) is 0 Å². The summed E-state index contributed by atoms with van der Waals surface area (Å²) in [5.74, 6) is 0.630. The van der Waals surface area contributed by atoms with Gasteiger partial charge in [0, 0.05) is 6.54 Å². The summed E-state index contributed by atoms with van der Waals surface area (Å²) < 4.78 is 24.7. The number of fused-ring (bicyclic) bond motifs is 1. The van der Waals surface area contributed by atoms with E-state index in [4.69, 9.17) is 5.11 Å². The van der Waals surface area contributed by atoms with Crippen LogP contribution in [0.4, 0.5) is 8.78 Å². The molecule has 0 amide bonds. The van der Waals surface area contributed by atoms with Crippen molar-refractivity contribution in [2.75, 3.05) is 19.7 Å². The van der Waals surface area contributed by atoms with Crippen LogP contribution in [0.15, 0.2) is 24.3 Å². The number of para-hydroxylation sites is 2. The third-order valence-electron chi connectivity index (χ3n) is 2.62. The normalized spacial score (nSPS) is 11.8. The standard InChI is InChI=1S/C12H15F2N3O/c13-11(14)7-17(5-6-18)8-12-15-9-3-1-2-4-10(9)16-12/h1-4,11,18H,5-8H2,(H,15,16). The molecule has 2 N–H and O–H groups in total. The molecular weight excluding hydrogens is 240 g/mol. The number of rotatable bonds is 6. The molecule has 0 aliphatic rings. The van der Waals surface area contributed by atoms with Gasteiger partial charge in [0.25, 0.3) is 6.43 Å². The zero-order valence-electron chi connectivity index (χ0n) is 9.81. The van der Waals surface area contributed by atoms with Crippen molar-refractivity contribution in [3.05, 3.63) is 30.1 Å². The maximum Gasteiger partial charge on any atom is 0.251 e. The highest BCUT2D eigenvalue weighted by Gasteiger charge is 2.13. The zero-order valence-corrected chi connectivity index (χ0v) is 9.81. The summed E-state index contributed by atoms with van der Waals surface area (Å²) in [6.45, 7) is -0.0223. The second-order valence-electron chi connectivity index (χ2n) is 4.05. The summed E-state index contributed by atoms with van der Waals surface area (Å²) in [7, 11) is 0. The van der Waals surface area contributed by atoms with E-state index in [0.29, 0.717) is 5.82 Å². The zero-order chi connectivity index (χ0) is 13.0. The summed E-state index contributed by atoms with van der Waals surface area (Å²) in [5.41, 5.74) is 1.70. The number of imidazole rings is 1. The van der Waals surface area contributed by atoms with Crippen molar-refractivity contribution in [3.8, 4) is 0 Å². The molecule has 0 unspecified atom stereocenters. The Balaban J connectivity index is 2.09. The first-order valence-corrected chi connectivity index (χ1v) is 5.74. The number of aromatic amines is 1. The van der Waals surface area contributed by atoms with Crippen molar-refractivity contribution in [1.29, 1.82) is 0 Å². The molecule has 0 saturated heterocycles. The van der Waals surface area contributed by atoms with E-state index < -0.39 is 6.43 Å². The molecule has 0 fully saturated rings. The number of alkyl halides is 2. The number of aliphatic hydroxyl groups is 1. The van der Waals surface area contributed by atoms with Gasteiger partial charge in [0.05, 0.1) is 30.7 Å². The molecule has 6 heteroatoms. The van der Waals surface area contributed by atoms with Crippen LogP contribution in [0.3, 0.4) is 0 Å². The van der Waals surface area contributed by atoms with Crippen LogP contribution in [-0.2, 0) is 6.54 Å². The van der Waals surface area contributed by atoms with E-state index >= 15 is 0 Å². The molecule has 0 radical (unpaired) electrons. The number of nitrogens with zero attached hydrogens (tertiary/aromatic N) is 2. The van der Waals surface area contributed by atoms with Crippen LogP contribution in [-0.4, -0.2) is 46.1 Å². The molecule has 0 aliphatic carbocycles. The summed E-state index contributed by atoms with van der Waals surface area (Å²) >= 11 is 0. The number of hydrogen-bond acceptors (Lipinski definition) is 3. The molecule has 1 aromatic carbocycles. The molecule has 98 valence electrons. The Morgan fingerprint density at radius 2 is 2.11 bits per heavy atom. The molecule has 2 rings (SSSR count). The molecule has 1 heterocycles. The highest BCUT2D eigenvalue weighted by molar-refractivity contribution is 5.74. The van der Waals surface area contributed by atoms with Crippen molar-refractivity contribution < 1.29 is 13.9 Å². The average molecular weight is 255 g/mol. The third kappa shape index (κ3) is 3.24. The first-order chi connectivity index (χ1) is 8.69. The Hall–Kier alpha value is -1.53. The lowest BCUT2D eigenvalue weighted by Gasteiger charge is -2.19. The van der Waals surface area contributed by atoms with Gasteiger partial charge >= 0.3 is 0 Å². The minimum atomic E-state index is -2.42. The molecule has 0 aliphatic heterocycles. The van der Waals surface area contributed by atoms with Gasteiger partial charge in [-0.2, -0.15) is 0 Å². The molecule has 2 aromatic rings. The number of nitrogens with one attached hydrogen (secondary N) is 1. The van der Waals surface area contributed by atoms with Crippen LogP contribution in [0, 0.1) is 0 Å². The number of aromatic nitrogens is 2. The Kier molecular flexibility index (Phi) is 4.22. The largest absolute Gasteiger partial charge is 0.395 e. The smallest absolute Gasteiger partial charge is 0.251 e. The maximum absolute atomic E-state index is 12.4. The van der Waals surface area contributed by atoms with Gasteiger partial charge in [-0.3, -0.25) is 4.90 Å². The molecule has 0 atom stereocenters. The van der Waals surface area contributed by atoms with Gasteiger partial charge in [-0.15, -0.1) is 0 Å².